The predicted molar refractivity (Wildman–Crippen MR) is 133 cm³/mol. The number of carbonyl (C=O) groups excluding carboxylic acids is 2. The minimum Gasteiger partial charge on any atom is -0.497 e. The van der Waals surface area contributed by atoms with Crippen molar-refractivity contribution in [1.29, 1.82) is 0 Å². The average molecular weight is 488 g/mol. The molecule has 0 spiro atoms. The molecule has 0 aromatic heterocycles. The molecule has 36 heavy (non-hydrogen) atoms. The molecule has 2 N–H and O–H groups in total. The average Bonchev–Trinajstić information content (AvgIpc) is 3.21. The van der Waals surface area contributed by atoms with E-state index in [2.05, 4.69) is 10.3 Å². The summed E-state index contributed by atoms with van der Waals surface area (Å²) in [6.45, 7) is 1.96. The van der Waals surface area contributed by atoms with Crippen LogP contribution in [0.15, 0.2) is 89.2 Å². The quantitative estimate of drug-likeness (QED) is 0.222. The van der Waals surface area contributed by atoms with Crippen LogP contribution in [-0.2, 0) is 9.53 Å². The molecule has 9 nitrogen and oxygen atoms in total. The summed E-state index contributed by atoms with van der Waals surface area (Å²) >= 11 is 0. The van der Waals surface area contributed by atoms with E-state index >= 15 is 0 Å². The lowest BCUT2D eigenvalue weighted by Crippen LogP contribution is -2.30. The molecule has 3 aromatic carbocycles. The first-order valence-electron chi connectivity index (χ1n) is 11.3. The molecule has 1 fully saturated rings. The highest BCUT2D eigenvalue weighted by Gasteiger charge is 2.50. The lowest BCUT2D eigenvalue weighted by atomic mass is 9.85. The fourth-order valence-corrected chi connectivity index (χ4v) is 4.37. The summed E-state index contributed by atoms with van der Waals surface area (Å²) in [5.74, 6) is -1.33. The van der Waals surface area contributed by atoms with Crippen molar-refractivity contribution in [1.82, 2.24) is 0 Å². The second-order valence-corrected chi connectivity index (χ2v) is 7.97. The minimum atomic E-state index is -0.909. The molecule has 0 aliphatic carbocycles. The van der Waals surface area contributed by atoms with Gasteiger partial charge in [-0.25, -0.2) is 4.79 Å². The lowest BCUT2D eigenvalue weighted by molar-refractivity contribution is -0.112. The number of oxime groups is 2. The van der Waals surface area contributed by atoms with E-state index in [-0.39, 0.29) is 18.0 Å². The minimum absolute atomic E-state index is 0.151. The number of benzene rings is 3. The Morgan fingerprint density at radius 3 is 2.14 bits per heavy atom. The Kier molecular flexibility index (Phi) is 7.29. The van der Waals surface area contributed by atoms with Crippen LogP contribution in [0, 0.1) is 5.92 Å². The van der Waals surface area contributed by atoms with Crippen LogP contribution in [0.1, 0.15) is 34.5 Å². The molecule has 4 rings (SSSR count). The fourth-order valence-electron chi connectivity index (χ4n) is 4.37. The molecule has 1 amide bonds. The molecule has 1 saturated heterocycles. The van der Waals surface area contributed by atoms with Crippen molar-refractivity contribution in [2.75, 3.05) is 18.6 Å². The summed E-state index contributed by atoms with van der Waals surface area (Å²) in [7, 11) is 1.54. The number of esters is 1. The maximum absolute atomic E-state index is 13.6. The van der Waals surface area contributed by atoms with Gasteiger partial charge in [-0.3, -0.25) is 9.69 Å². The number of anilines is 1. The van der Waals surface area contributed by atoms with Crippen LogP contribution in [0.25, 0.3) is 0 Å². The molecule has 0 saturated carbocycles. The highest BCUT2D eigenvalue weighted by molar-refractivity contribution is 6.51. The van der Waals surface area contributed by atoms with E-state index in [1.807, 2.05) is 30.3 Å². The third kappa shape index (κ3) is 4.50. The van der Waals surface area contributed by atoms with Crippen molar-refractivity contribution in [3.63, 3.8) is 0 Å². The number of carbonyl (C=O) groups is 2. The summed E-state index contributed by atoms with van der Waals surface area (Å²) in [6.07, 6.45) is 0. The smallest absolute Gasteiger partial charge is 0.338 e. The van der Waals surface area contributed by atoms with E-state index in [0.29, 0.717) is 22.6 Å². The molecule has 184 valence electrons. The predicted octanol–water partition coefficient (Wildman–Crippen LogP) is 4.28. The fraction of sp³-hybridized carbons (Fsp3) is 0.185. The summed E-state index contributed by atoms with van der Waals surface area (Å²) in [5, 5.41) is 26.9. The standard InChI is InChI=1S/C27H25N3O6/c1-3-36-27(32)19-9-13-20(14-10-19)30-25(18-7-5-4-6-8-18)22(24(29-34)26(30)31)23(28-33)17-11-15-21(35-2)16-12-17/h4-16,22,25,33-34H,3H2,1-2H3/b28-23-,29-24-. The molecule has 1 aliphatic rings. The van der Waals surface area contributed by atoms with Crippen LogP contribution >= 0.6 is 0 Å². The van der Waals surface area contributed by atoms with Gasteiger partial charge in [0, 0.05) is 11.3 Å². The number of nitrogens with zero attached hydrogens (tertiary/aromatic N) is 3. The van der Waals surface area contributed by atoms with E-state index in [4.69, 9.17) is 9.47 Å². The first kappa shape index (κ1) is 24.5. The van der Waals surface area contributed by atoms with Crippen molar-refractivity contribution in [2.24, 2.45) is 16.2 Å². The number of ether oxygens (including phenoxy) is 2. The summed E-state index contributed by atoms with van der Waals surface area (Å²) < 4.78 is 10.3. The Balaban J connectivity index is 1.83. The second kappa shape index (κ2) is 10.7. The number of hydrogen-bond donors (Lipinski definition) is 2. The van der Waals surface area contributed by atoms with Gasteiger partial charge in [-0.05, 0) is 61.0 Å². The van der Waals surface area contributed by atoms with E-state index < -0.39 is 23.8 Å². The van der Waals surface area contributed by atoms with Crippen molar-refractivity contribution in [3.8, 4) is 5.75 Å². The SMILES string of the molecule is CCOC(=O)c1ccc(N2C(=O)/C(=N\O)C(/C(=N\O)c3ccc(OC)cc3)C2c2ccccc2)cc1. The molecule has 1 aliphatic heterocycles. The second-order valence-electron chi connectivity index (χ2n) is 7.97. The van der Waals surface area contributed by atoms with Gasteiger partial charge in [-0.2, -0.15) is 0 Å². The third-order valence-corrected chi connectivity index (χ3v) is 6.02. The van der Waals surface area contributed by atoms with Crippen molar-refractivity contribution >= 4 is 29.0 Å². The van der Waals surface area contributed by atoms with E-state index in [1.54, 1.807) is 62.6 Å². The van der Waals surface area contributed by atoms with Crippen LogP contribution in [0.4, 0.5) is 5.69 Å². The zero-order valence-corrected chi connectivity index (χ0v) is 19.7. The number of hydrogen-bond acceptors (Lipinski definition) is 8. The molecular formula is C27H25N3O6. The van der Waals surface area contributed by atoms with Crippen LogP contribution < -0.4 is 9.64 Å². The van der Waals surface area contributed by atoms with Gasteiger partial charge in [-0.15, -0.1) is 0 Å². The lowest BCUT2D eigenvalue weighted by Gasteiger charge is -2.28. The van der Waals surface area contributed by atoms with Crippen molar-refractivity contribution in [3.05, 3.63) is 95.6 Å². The number of methoxy groups -OCH3 is 1. The molecule has 2 unspecified atom stereocenters. The molecule has 9 heteroatoms. The molecular weight excluding hydrogens is 462 g/mol. The molecule has 0 radical (unpaired) electrons. The maximum atomic E-state index is 13.6. The van der Waals surface area contributed by atoms with E-state index in [0.717, 1.165) is 5.56 Å². The first-order chi connectivity index (χ1) is 17.5. The maximum Gasteiger partial charge on any atom is 0.338 e. The Morgan fingerprint density at radius 2 is 1.58 bits per heavy atom. The Labute approximate surface area is 207 Å². The number of amides is 1. The zero-order chi connectivity index (χ0) is 25.7. The van der Waals surface area contributed by atoms with Gasteiger partial charge in [0.25, 0.3) is 5.91 Å². The highest BCUT2D eigenvalue weighted by atomic mass is 16.5. The van der Waals surface area contributed by atoms with Gasteiger partial charge in [-0.1, -0.05) is 40.6 Å². The molecule has 3 aromatic rings. The summed E-state index contributed by atoms with van der Waals surface area (Å²) in [5.41, 5.74) is 2.04. The monoisotopic (exact) mass is 487 g/mol. The Hall–Kier alpha value is -4.66. The van der Waals surface area contributed by atoms with Gasteiger partial charge < -0.3 is 19.9 Å². The van der Waals surface area contributed by atoms with Crippen LogP contribution in [0.2, 0.25) is 0 Å². The van der Waals surface area contributed by atoms with Gasteiger partial charge >= 0.3 is 5.97 Å². The Morgan fingerprint density at radius 1 is 0.944 bits per heavy atom. The highest BCUT2D eigenvalue weighted by Crippen LogP contribution is 2.42. The summed E-state index contributed by atoms with van der Waals surface area (Å²) in [6, 6.07) is 21.7. The van der Waals surface area contributed by atoms with Gasteiger partial charge in [0.2, 0.25) is 0 Å². The van der Waals surface area contributed by atoms with Crippen LogP contribution in [0.5, 0.6) is 5.75 Å². The Bertz CT molecular complexity index is 1290. The topological polar surface area (TPSA) is 121 Å². The van der Waals surface area contributed by atoms with Crippen LogP contribution in [-0.4, -0.2) is 47.4 Å². The van der Waals surface area contributed by atoms with E-state index in [1.165, 1.54) is 4.90 Å². The van der Waals surface area contributed by atoms with Crippen LogP contribution in [0.3, 0.4) is 0 Å². The third-order valence-electron chi connectivity index (χ3n) is 6.02. The number of rotatable bonds is 7. The van der Waals surface area contributed by atoms with Gasteiger partial charge in [0.15, 0.2) is 5.71 Å². The van der Waals surface area contributed by atoms with Gasteiger partial charge in [0.05, 0.1) is 37.0 Å². The summed E-state index contributed by atoms with van der Waals surface area (Å²) in [4.78, 5) is 27.2. The van der Waals surface area contributed by atoms with Crippen molar-refractivity contribution < 1.29 is 29.5 Å². The first-order valence-corrected chi connectivity index (χ1v) is 11.3. The largest absolute Gasteiger partial charge is 0.497 e. The van der Waals surface area contributed by atoms with Gasteiger partial charge in [0.1, 0.15) is 5.75 Å². The zero-order valence-electron chi connectivity index (χ0n) is 19.7. The normalized spacial score (nSPS) is 18.9. The molecule has 0 bridgehead atoms. The van der Waals surface area contributed by atoms with Crippen molar-refractivity contribution in [2.45, 2.75) is 13.0 Å². The molecule has 2 atom stereocenters. The molecule has 1 heterocycles. The van der Waals surface area contributed by atoms with E-state index in [9.17, 15) is 20.0 Å².